The molecule has 0 saturated carbocycles. The van der Waals surface area contributed by atoms with E-state index in [-0.39, 0.29) is 11.4 Å². The molecule has 4 nitrogen and oxygen atoms in total. The largest absolute Gasteiger partial charge is 0.379 e. The molecule has 1 aromatic heterocycles. The lowest BCUT2D eigenvalue weighted by atomic mass is 10.0. The van der Waals surface area contributed by atoms with Crippen LogP contribution in [0.3, 0.4) is 0 Å². The minimum Gasteiger partial charge on any atom is -0.379 e. The molecule has 1 unspecified atom stereocenters. The number of fused-ring (bicyclic) bond motifs is 1. The number of anilines is 1. The third-order valence-corrected chi connectivity index (χ3v) is 4.07. The lowest BCUT2D eigenvalue weighted by Gasteiger charge is -2.25. The number of ether oxygens (including phenoxy) is 1. The smallest absolute Gasteiger partial charge is 0.201 e. The van der Waals surface area contributed by atoms with Crippen molar-refractivity contribution in [3.8, 4) is 0 Å². The van der Waals surface area contributed by atoms with Crippen molar-refractivity contribution in [2.45, 2.75) is 18.9 Å². The van der Waals surface area contributed by atoms with E-state index in [9.17, 15) is 4.39 Å². The number of hydrogen-bond donors (Lipinski definition) is 1. The molecule has 0 amide bonds. The van der Waals surface area contributed by atoms with Gasteiger partial charge in [0.1, 0.15) is 5.82 Å². The zero-order valence-electron chi connectivity index (χ0n) is 9.91. The van der Waals surface area contributed by atoms with Gasteiger partial charge in [0.05, 0.1) is 27.7 Å². The van der Waals surface area contributed by atoms with E-state index in [1.54, 1.807) is 6.07 Å². The Morgan fingerprint density at radius 3 is 3.00 bits per heavy atom. The van der Waals surface area contributed by atoms with E-state index in [0.29, 0.717) is 34.7 Å². The van der Waals surface area contributed by atoms with Gasteiger partial charge >= 0.3 is 0 Å². The first-order valence-corrected chi connectivity index (χ1v) is 6.52. The number of nitrogens with two attached hydrogens (primary N) is 1. The van der Waals surface area contributed by atoms with Gasteiger partial charge in [-0.1, -0.05) is 0 Å². The average molecular weight is 314 g/mol. The predicted octanol–water partition coefficient (Wildman–Crippen LogP) is 2.66. The van der Waals surface area contributed by atoms with Crippen LogP contribution in [0.25, 0.3) is 11.0 Å². The van der Waals surface area contributed by atoms with Gasteiger partial charge in [0.15, 0.2) is 0 Å². The minimum atomic E-state index is -0.314. The summed E-state index contributed by atoms with van der Waals surface area (Å²) in [4.78, 5) is 4.29. The summed E-state index contributed by atoms with van der Waals surface area (Å²) in [6.07, 6.45) is 0.848. The zero-order chi connectivity index (χ0) is 12.9. The van der Waals surface area contributed by atoms with Gasteiger partial charge in [-0.25, -0.2) is 9.37 Å². The fourth-order valence-corrected chi connectivity index (χ4v) is 2.82. The summed E-state index contributed by atoms with van der Waals surface area (Å²) < 4.78 is 21.4. The SMILES string of the molecule is CC1(n2c(N)nc3cc(Br)c(F)cc32)CCOC1. The standard InChI is InChI=1S/C12H13BrFN3O/c1-12(2-3-18-6-12)17-10-5-8(14)7(13)4-9(10)16-11(17)15/h4-5H,2-3,6H2,1H3,(H2,15,16). The van der Waals surface area contributed by atoms with Gasteiger partial charge in [0.2, 0.25) is 5.95 Å². The van der Waals surface area contributed by atoms with Crippen LogP contribution in [0.1, 0.15) is 13.3 Å². The molecule has 1 aliphatic rings. The quantitative estimate of drug-likeness (QED) is 0.880. The maximum Gasteiger partial charge on any atom is 0.201 e. The first-order chi connectivity index (χ1) is 8.51. The molecule has 2 N–H and O–H groups in total. The van der Waals surface area contributed by atoms with Crippen molar-refractivity contribution in [1.82, 2.24) is 9.55 Å². The molecule has 1 fully saturated rings. The van der Waals surface area contributed by atoms with Crippen molar-refractivity contribution in [3.05, 3.63) is 22.4 Å². The van der Waals surface area contributed by atoms with Crippen LogP contribution in [0.4, 0.5) is 10.3 Å². The molecule has 3 rings (SSSR count). The molecule has 1 aliphatic heterocycles. The number of benzene rings is 1. The van der Waals surface area contributed by atoms with E-state index in [1.165, 1.54) is 6.07 Å². The van der Waals surface area contributed by atoms with E-state index < -0.39 is 0 Å². The Labute approximate surface area is 112 Å². The highest BCUT2D eigenvalue weighted by atomic mass is 79.9. The highest BCUT2D eigenvalue weighted by Gasteiger charge is 2.34. The molecule has 1 atom stereocenters. The monoisotopic (exact) mass is 313 g/mol. The maximum atomic E-state index is 13.7. The molecule has 96 valence electrons. The van der Waals surface area contributed by atoms with Crippen LogP contribution in [-0.2, 0) is 10.3 Å². The number of nitrogen functional groups attached to an aromatic ring is 1. The third-order valence-electron chi connectivity index (χ3n) is 3.46. The van der Waals surface area contributed by atoms with Crippen LogP contribution in [0.2, 0.25) is 0 Å². The van der Waals surface area contributed by atoms with Crippen molar-refractivity contribution in [2.24, 2.45) is 0 Å². The summed E-state index contributed by atoms with van der Waals surface area (Å²) in [6.45, 7) is 3.31. The summed E-state index contributed by atoms with van der Waals surface area (Å²) in [5.74, 6) is 0.0849. The average Bonchev–Trinajstić information content (AvgIpc) is 2.84. The molecule has 2 aromatic rings. The number of nitrogens with zero attached hydrogens (tertiary/aromatic N) is 2. The van der Waals surface area contributed by atoms with Crippen molar-refractivity contribution in [1.29, 1.82) is 0 Å². The minimum absolute atomic E-state index is 0.251. The maximum absolute atomic E-state index is 13.7. The van der Waals surface area contributed by atoms with Crippen LogP contribution in [0.5, 0.6) is 0 Å². The van der Waals surface area contributed by atoms with Crippen LogP contribution in [0, 0.1) is 5.82 Å². The molecule has 0 radical (unpaired) electrons. The normalized spacial score (nSPS) is 23.9. The first-order valence-electron chi connectivity index (χ1n) is 5.72. The Balaban J connectivity index is 2.28. The topological polar surface area (TPSA) is 53.1 Å². The Kier molecular flexibility index (Phi) is 2.60. The van der Waals surface area contributed by atoms with Crippen LogP contribution in [0.15, 0.2) is 16.6 Å². The Morgan fingerprint density at radius 1 is 1.56 bits per heavy atom. The lowest BCUT2D eigenvalue weighted by Crippen LogP contribution is -2.31. The summed E-state index contributed by atoms with van der Waals surface area (Å²) in [6, 6.07) is 3.11. The van der Waals surface area contributed by atoms with E-state index >= 15 is 0 Å². The van der Waals surface area contributed by atoms with Gasteiger partial charge in [-0.15, -0.1) is 0 Å². The number of hydrogen-bond acceptors (Lipinski definition) is 3. The number of imidazole rings is 1. The first kappa shape index (κ1) is 11.9. The van der Waals surface area contributed by atoms with E-state index in [1.807, 2.05) is 4.57 Å². The molecule has 0 spiro atoms. The van der Waals surface area contributed by atoms with E-state index in [4.69, 9.17) is 10.5 Å². The number of rotatable bonds is 1. The predicted molar refractivity (Wildman–Crippen MR) is 70.9 cm³/mol. The molecule has 18 heavy (non-hydrogen) atoms. The van der Waals surface area contributed by atoms with Crippen LogP contribution >= 0.6 is 15.9 Å². The van der Waals surface area contributed by atoms with Crippen molar-refractivity contribution in [3.63, 3.8) is 0 Å². The molecule has 0 aliphatic carbocycles. The molecule has 2 heterocycles. The number of aromatic nitrogens is 2. The summed E-state index contributed by atoms with van der Waals surface area (Å²) in [7, 11) is 0. The van der Waals surface area contributed by atoms with Crippen LogP contribution in [-0.4, -0.2) is 22.8 Å². The van der Waals surface area contributed by atoms with Gasteiger partial charge in [-0.05, 0) is 35.3 Å². The zero-order valence-corrected chi connectivity index (χ0v) is 11.5. The third kappa shape index (κ3) is 1.63. The second-order valence-corrected chi connectivity index (χ2v) is 5.71. The second-order valence-electron chi connectivity index (χ2n) is 4.86. The van der Waals surface area contributed by atoms with Crippen molar-refractivity contribution < 1.29 is 9.13 Å². The van der Waals surface area contributed by atoms with Crippen molar-refractivity contribution >= 4 is 32.9 Å². The molecule has 1 aromatic carbocycles. The highest BCUT2D eigenvalue weighted by Crippen LogP contribution is 2.34. The second kappa shape index (κ2) is 3.93. The summed E-state index contributed by atoms with van der Waals surface area (Å²) in [5.41, 5.74) is 7.12. The highest BCUT2D eigenvalue weighted by molar-refractivity contribution is 9.10. The van der Waals surface area contributed by atoms with Gasteiger partial charge in [0.25, 0.3) is 0 Å². The van der Waals surface area contributed by atoms with Crippen molar-refractivity contribution in [2.75, 3.05) is 18.9 Å². The van der Waals surface area contributed by atoms with E-state index in [0.717, 1.165) is 6.42 Å². The van der Waals surface area contributed by atoms with Gasteiger partial charge in [0, 0.05) is 12.7 Å². The number of halogens is 2. The van der Waals surface area contributed by atoms with Gasteiger partial charge in [-0.2, -0.15) is 0 Å². The summed E-state index contributed by atoms with van der Waals surface area (Å²) in [5, 5.41) is 0. The van der Waals surface area contributed by atoms with E-state index in [2.05, 4.69) is 27.8 Å². The molecular formula is C12H13BrFN3O. The fraction of sp³-hybridized carbons (Fsp3) is 0.417. The Bertz CT molecular complexity index is 619. The molecule has 6 heteroatoms. The Hall–Kier alpha value is -1.14. The molecule has 0 bridgehead atoms. The molecular weight excluding hydrogens is 301 g/mol. The molecule has 1 saturated heterocycles. The lowest BCUT2D eigenvalue weighted by molar-refractivity contribution is 0.164. The van der Waals surface area contributed by atoms with Gasteiger partial charge < -0.3 is 15.0 Å². The summed E-state index contributed by atoms with van der Waals surface area (Å²) >= 11 is 3.16. The van der Waals surface area contributed by atoms with Gasteiger partial charge in [-0.3, -0.25) is 0 Å². The van der Waals surface area contributed by atoms with Crippen LogP contribution < -0.4 is 5.73 Å². The Morgan fingerprint density at radius 2 is 2.33 bits per heavy atom. The fourth-order valence-electron chi connectivity index (χ4n) is 2.49.